The summed E-state index contributed by atoms with van der Waals surface area (Å²) < 4.78 is 1.88. The molecule has 0 aliphatic carbocycles. The van der Waals surface area contributed by atoms with Gasteiger partial charge >= 0.3 is 0 Å². The smallest absolute Gasteiger partial charge is 0.0567 e. The zero-order chi connectivity index (χ0) is 7.98. The molecule has 0 amide bonds. The normalized spacial score (nSPS) is 14.1. The van der Waals surface area contributed by atoms with Gasteiger partial charge < -0.3 is 5.11 Å². The van der Waals surface area contributed by atoms with Crippen LogP contribution < -0.4 is 0 Å². The van der Waals surface area contributed by atoms with Gasteiger partial charge in [0.1, 0.15) is 0 Å². The Morgan fingerprint density at radius 2 is 2.20 bits per heavy atom. The molecular formula is C7H17NOS. The van der Waals surface area contributed by atoms with Crippen LogP contribution in [0, 0.1) is 0 Å². The highest BCUT2D eigenvalue weighted by Gasteiger charge is 2.06. The zero-order valence-electron chi connectivity index (χ0n) is 6.75. The Balaban J connectivity index is 3.38. The zero-order valence-corrected chi connectivity index (χ0v) is 7.64. The lowest BCUT2D eigenvalue weighted by Gasteiger charge is -2.21. The quantitative estimate of drug-likeness (QED) is 0.597. The molecule has 62 valence electrons. The highest BCUT2D eigenvalue weighted by molar-refractivity contribution is 7.77. The van der Waals surface area contributed by atoms with E-state index in [1.54, 1.807) is 0 Å². The number of hydrogen-bond donors (Lipinski definition) is 2. The highest BCUT2D eigenvalue weighted by atomic mass is 32.1. The summed E-state index contributed by atoms with van der Waals surface area (Å²) in [6, 6.07) is 0.473. The van der Waals surface area contributed by atoms with Gasteiger partial charge in [-0.3, -0.25) is 0 Å². The molecule has 1 unspecified atom stereocenters. The van der Waals surface area contributed by atoms with Gasteiger partial charge in [0.15, 0.2) is 0 Å². The first-order chi connectivity index (χ1) is 4.72. The van der Waals surface area contributed by atoms with Gasteiger partial charge in [-0.05, 0) is 13.3 Å². The van der Waals surface area contributed by atoms with E-state index in [-0.39, 0.29) is 6.61 Å². The summed E-state index contributed by atoms with van der Waals surface area (Å²) in [5.74, 6) is 0. The van der Waals surface area contributed by atoms with Crippen LogP contribution in [0.4, 0.5) is 0 Å². The predicted molar refractivity (Wildman–Crippen MR) is 47.1 cm³/mol. The third-order valence-corrected chi connectivity index (χ3v) is 2.14. The summed E-state index contributed by atoms with van der Waals surface area (Å²) >= 11 is 4.21. The largest absolute Gasteiger partial charge is 0.395 e. The highest BCUT2D eigenvalue weighted by Crippen LogP contribution is 2.07. The predicted octanol–water partition coefficient (Wildman–Crippen LogP) is 1.31. The third kappa shape index (κ3) is 4.14. The fraction of sp³-hybridized carbons (Fsp3) is 1.00. The van der Waals surface area contributed by atoms with Crippen molar-refractivity contribution in [2.75, 3.05) is 13.2 Å². The first-order valence-corrected chi connectivity index (χ1v) is 4.18. The summed E-state index contributed by atoms with van der Waals surface area (Å²) in [4.78, 5) is 0. The molecule has 0 aliphatic rings. The Hall–Kier alpha value is 0.270. The molecule has 1 N–H and O–H groups in total. The minimum absolute atomic E-state index is 0.192. The molecule has 0 fully saturated rings. The standard InChI is InChI=1S/C7H17NOS/c1-3-4-7(2)8(10)5-6-9/h7,9-10H,3-6H2,1-2H3. The molecule has 0 aromatic rings. The van der Waals surface area contributed by atoms with Gasteiger partial charge in [0.2, 0.25) is 0 Å². The molecule has 0 saturated heterocycles. The molecule has 0 aromatic heterocycles. The second kappa shape index (κ2) is 6.01. The molecule has 0 aromatic carbocycles. The third-order valence-electron chi connectivity index (χ3n) is 1.54. The summed E-state index contributed by atoms with van der Waals surface area (Å²) in [7, 11) is 0. The van der Waals surface area contributed by atoms with Crippen molar-refractivity contribution in [1.82, 2.24) is 4.31 Å². The average Bonchev–Trinajstić information content (AvgIpc) is 1.89. The van der Waals surface area contributed by atoms with Gasteiger partial charge in [0, 0.05) is 12.6 Å². The first-order valence-electron chi connectivity index (χ1n) is 3.78. The number of hydrogen-bond acceptors (Lipinski definition) is 3. The molecule has 1 atom stereocenters. The van der Waals surface area contributed by atoms with Crippen molar-refractivity contribution in [3.63, 3.8) is 0 Å². The topological polar surface area (TPSA) is 23.5 Å². The Bertz CT molecular complexity index is 70.0. The SMILES string of the molecule is CCCC(C)N(S)CCO. The second-order valence-corrected chi connectivity index (χ2v) is 3.04. The van der Waals surface area contributed by atoms with Crippen molar-refractivity contribution in [2.24, 2.45) is 0 Å². The lowest BCUT2D eigenvalue weighted by molar-refractivity contribution is 0.239. The van der Waals surface area contributed by atoms with Crippen molar-refractivity contribution < 1.29 is 5.11 Å². The van der Waals surface area contributed by atoms with Crippen LogP contribution in [0.1, 0.15) is 26.7 Å². The van der Waals surface area contributed by atoms with Crippen LogP contribution in [0.25, 0.3) is 0 Å². The van der Waals surface area contributed by atoms with E-state index < -0.39 is 0 Å². The number of aliphatic hydroxyl groups is 1. The molecule has 0 heterocycles. The average molecular weight is 163 g/mol. The van der Waals surface area contributed by atoms with Crippen LogP contribution in [0.3, 0.4) is 0 Å². The van der Waals surface area contributed by atoms with Gasteiger partial charge in [-0.15, -0.1) is 0 Å². The van der Waals surface area contributed by atoms with Gasteiger partial charge in [0.25, 0.3) is 0 Å². The van der Waals surface area contributed by atoms with Gasteiger partial charge in [-0.1, -0.05) is 26.2 Å². The molecule has 10 heavy (non-hydrogen) atoms. The van der Waals surface area contributed by atoms with Gasteiger partial charge in [0.05, 0.1) is 6.61 Å². The van der Waals surface area contributed by atoms with Crippen LogP contribution in [-0.4, -0.2) is 28.6 Å². The molecule has 2 nitrogen and oxygen atoms in total. The Kier molecular flexibility index (Phi) is 6.17. The molecule has 0 rings (SSSR count). The summed E-state index contributed by atoms with van der Waals surface area (Å²) in [6.45, 7) is 5.12. The van der Waals surface area contributed by atoms with Crippen LogP contribution in [-0.2, 0) is 0 Å². The van der Waals surface area contributed by atoms with Crippen LogP contribution >= 0.6 is 12.8 Å². The first kappa shape index (κ1) is 10.3. The summed E-state index contributed by atoms with van der Waals surface area (Å²) in [5, 5.41) is 8.56. The van der Waals surface area contributed by atoms with Crippen molar-refractivity contribution in [1.29, 1.82) is 0 Å². The van der Waals surface area contributed by atoms with E-state index in [0.29, 0.717) is 12.6 Å². The Morgan fingerprint density at radius 3 is 2.60 bits per heavy atom. The lowest BCUT2D eigenvalue weighted by atomic mass is 10.2. The lowest BCUT2D eigenvalue weighted by Crippen LogP contribution is -2.26. The molecule has 0 aliphatic heterocycles. The molecule has 3 heteroatoms. The van der Waals surface area contributed by atoms with Gasteiger partial charge in [-0.2, -0.15) is 0 Å². The van der Waals surface area contributed by atoms with Crippen molar-refractivity contribution in [3.8, 4) is 0 Å². The maximum atomic E-state index is 8.56. The van der Waals surface area contributed by atoms with E-state index in [1.165, 1.54) is 6.42 Å². The summed E-state index contributed by atoms with van der Waals surface area (Å²) in [6.07, 6.45) is 2.31. The van der Waals surface area contributed by atoms with Crippen LogP contribution in [0.5, 0.6) is 0 Å². The molecule has 0 spiro atoms. The number of aliphatic hydroxyl groups excluding tert-OH is 1. The monoisotopic (exact) mass is 163 g/mol. The molecule has 0 bridgehead atoms. The molecule has 0 saturated carbocycles. The maximum absolute atomic E-state index is 8.56. The Labute approximate surface area is 68.8 Å². The molecular weight excluding hydrogens is 146 g/mol. The van der Waals surface area contributed by atoms with Crippen molar-refractivity contribution >= 4 is 12.8 Å². The van der Waals surface area contributed by atoms with E-state index in [9.17, 15) is 0 Å². The number of rotatable bonds is 5. The minimum atomic E-state index is 0.192. The van der Waals surface area contributed by atoms with Crippen LogP contribution in [0.2, 0.25) is 0 Å². The van der Waals surface area contributed by atoms with E-state index in [1.807, 2.05) is 4.31 Å². The van der Waals surface area contributed by atoms with E-state index in [0.717, 1.165) is 6.42 Å². The molecule has 0 radical (unpaired) electrons. The Morgan fingerprint density at radius 1 is 1.60 bits per heavy atom. The maximum Gasteiger partial charge on any atom is 0.0567 e. The van der Waals surface area contributed by atoms with Crippen molar-refractivity contribution in [2.45, 2.75) is 32.7 Å². The van der Waals surface area contributed by atoms with Crippen molar-refractivity contribution in [3.05, 3.63) is 0 Å². The number of nitrogens with zero attached hydrogens (tertiary/aromatic N) is 1. The van der Waals surface area contributed by atoms with E-state index >= 15 is 0 Å². The van der Waals surface area contributed by atoms with Crippen LogP contribution in [0.15, 0.2) is 0 Å². The fourth-order valence-corrected chi connectivity index (χ4v) is 1.09. The van der Waals surface area contributed by atoms with E-state index in [2.05, 4.69) is 26.7 Å². The fourth-order valence-electron chi connectivity index (χ4n) is 0.890. The second-order valence-electron chi connectivity index (χ2n) is 2.52. The van der Waals surface area contributed by atoms with Gasteiger partial charge in [-0.25, -0.2) is 4.31 Å². The van der Waals surface area contributed by atoms with E-state index in [4.69, 9.17) is 5.11 Å². The summed E-state index contributed by atoms with van der Waals surface area (Å²) in [5.41, 5.74) is 0. The minimum Gasteiger partial charge on any atom is -0.395 e. The number of thiol groups is 1.